The molecule has 1 fully saturated rings. The van der Waals surface area contributed by atoms with Crippen molar-refractivity contribution in [2.45, 2.75) is 19.1 Å². The maximum absolute atomic E-state index is 12.9. The topological polar surface area (TPSA) is 158 Å². The Hall–Kier alpha value is -3.03. The van der Waals surface area contributed by atoms with Crippen LogP contribution in [-0.2, 0) is 24.9 Å². The first kappa shape index (κ1) is 20.3. The number of anilines is 1. The first-order chi connectivity index (χ1) is 14.5. The highest BCUT2D eigenvalue weighted by atomic mass is 31.2. The number of nitrogens with one attached hydrogen (secondary N) is 1. The lowest BCUT2D eigenvalue weighted by molar-refractivity contribution is 0.0563. The smallest absolute Gasteiger partial charge is 0.356 e. The van der Waals surface area contributed by atoms with Crippen molar-refractivity contribution < 1.29 is 18.3 Å². The van der Waals surface area contributed by atoms with Gasteiger partial charge in [-0.05, 0) is 17.7 Å². The molecular formula is C18H19N6O5P. The number of hydrogen-bond donors (Lipinski definition) is 2. The average Bonchev–Trinajstić information content (AvgIpc) is 3.14. The molecule has 2 aromatic heterocycles. The summed E-state index contributed by atoms with van der Waals surface area (Å²) in [5.74, 6) is -0.00236. The van der Waals surface area contributed by atoms with Gasteiger partial charge in [-0.15, -0.1) is 0 Å². The highest BCUT2D eigenvalue weighted by Crippen LogP contribution is 2.55. The van der Waals surface area contributed by atoms with Crippen LogP contribution >= 0.6 is 7.60 Å². The van der Waals surface area contributed by atoms with E-state index in [1.54, 1.807) is 28.8 Å². The van der Waals surface area contributed by atoms with E-state index in [1.807, 2.05) is 0 Å². The molecule has 4 rings (SSSR count). The van der Waals surface area contributed by atoms with Crippen molar-refractivity contribution in [2.75, 3.05) is 25.3 Å². The Labute approximate surface area is 170 Å². The Morgan fingerprint density at radius 2 is 2.20 bits per heavy atom. The number of fused-ring (bicyclic) bond motifs is 1. The van der Waals surface area contributed by atoms with Gasteiger partial charge < -0.3 is 19.6 Å². The first-order valence-electron chi connectivity index (χ1n) is 9.18. The van der Waals surface area contributed by atoms with Gasteiger partial charge in [0.1, 0.15) is 6.35 Å². The lowest BCUT2D eigenvalue weighted by Gasteiger charge is -2.29. The molecule has 2 atom stereocenters. The van der Waals surface area contributed by atoms with Crippen LogP contribution < -0.4 is 11.3 Å². The molecule has 0 amide bonds. The second-order valence-electron chi connectivity index (χ2n) is 6.66. The van der Waals surface area contributed by atoms with Crippen LogP contribution in [0.25, 0.3) is 11.2 Å². The molecule has 1 aromatic carbocycles. The molecule has 156 valence electrons. The summed E-state index contributed by atoms with van der Waals surface area (Å²) in [4.78, 5) is 22.3. The number of aromatic amines is 1. The number of hydrogen-bond acceptors (Lipinski definition) is 9. The number of rotatable bonds is 6. The third kappa shape index (κ3) is 4.27. The van der Waals surface area contributed by atoms with E-state index in [0.717, 1.165) is 5.56 Å². The number of benzene rings is 1. The fourth-order valence-corrected chi connectivity index (χ4v) is 4.66. The van der Waals surface area contributed by atoms with Gasteiger partial charge in [-0.3, -0.25) is 18.9 Å². The van der Waals surface area contributed by atoms with E-state index in [9.17, 15) is 9.36 Å². The zero-order valence-corrected chi connectivity index (χ0v) is 16.7. The standard InChI is InChI=1S/C18H19N6O5P/c19-9-12-1-3-13(4-2-12)14-5-7-28-30(26,29-14)11-27-8-6-24-10-21-15-16(24)22-18(20)23-17(15)25/h1-4,10,14H,5-8,11H2,(H3,20,22,23,25). The lowest BCUT2D eigenvalue weighted by atomic mass is 10.1. The van der Waals surface area contributed by atoms with Crippen LogP contribution in [0, 0.1) is 11.3 Å². The summed E-state index contributed by atoms with van der Waals surface area (Å²) in [7, 11) is -3.43. The van der Waals surface area contributed by atoms with E-state index in [1.165, 1.54) is 6.33 Å². The molecular weight excluding hydrogens is 411 g/mol. The van der Waals surface area contributed by atoms with E-state index in [2.05, 4.69) is 21.0 Å². The SMILES string of the molecule is N#Cc1ccc(C2CCOP(=O)(COCCn3cnc4c(=O)[nH]c(N)nc43)O2)cc1. The van der Waals surface area contributed by atoms with Crippen LogP contribution in [0.3, 0.4) is 0 Å². The number of nitriles is 1. The summed E-state index contributed by atoms with van der Waals surface area (Å²) in [5, 5.41) is 8.90. The van der Waals surface area contributed by atoms with Gasteiger partial charge in [0.05, 0.1) is 37.3 Å². The third-order valence-corrected chi connectivity index (χ3v) is 6.24. The maximum atomic E-state index is 12.9. The fourth-order valence-electron chi connectivity index (χ4n) is 3.12. The quantitative estimate of drug-likeness (QED) is 0.440. The lowest BCUT2D eigenvalue weighted by Crippen LogP contribution is -2.17. The molecule has 11 nitrogen and oxygen atoms in total. The van der Waals surface area contributed by atoms with E-state index in [-0.39, 0.29) is 31.0 Å². The molecule has 0 spiro atoms. The van der Waals surface area contributed by atoms with Gasteiger partial charge in [0.15, 0.2) is 11.2 Å². The first-order valence-corrected chi connectivity index (χ1v) is 10.9. The number of H-pyrrole nitrogens is 1. The molecule has 0 aliphatic carbocycles. The van der Waals surface area contributed by atoms with Crippen LogP contribution in [-0.4, -0.2) is 39.1 Å². The van der Waals surface area contributed by atoms with Crippen LogP contribution in [0.4, 0.5) is 5.95 Å². The number of nitrogens with two attached hydrogens (primary N) is 1. The summed E-state index contributed by atoms with van der Waals surface area (Å²) in [5.41, 5.74) is 7.06. The molecule has 0 bridgehead atoms. The van der Waals surface area contributed by atoms with E-state index in [0.29, 0.717) is 24.2 Å². The highest BCUT2D eigenvalue weighted by Gasteiger charge is 2.34. The zero-order chi connectivity index (χ0) is 21.1. The Balaban J connectivity index is 1.35. The van der Waals surface area contributed by atoms with Crippen molar-refractivity contribution in [3.8, 4) is 6.07 Å². The van der Waals surface area contributed by atoms with Gasteiger partial charge in [0, 0.05) is 13.0 Å². The molecule has 1 aliphatic heterocycles. The molecule has 3 heterocycles. The van der Waals surface area contributed by atoms with Crippen LogP contribution in [0.15, 0.2) is 35.4 Å². The van der Waals surface area contributed by atoms with Gasteiger partial charge in [-0.25, -0.2) is 4.98 Å². The summed E-state index contributed by atoms with van der Waals surface area (Å²) in [6.07, 6.45) is 1.42. The summed E-state index contributed by atoms with van der Waals surface area (Å²) in [6, 6.07) is 9.01. The van der Waals surface area contributed by atoms with Crippen molar-refractivity contribution in [1.82, 2.24) is 19.5 Å². The van der Waals surface area contributed by atoms with Crippen molar-refractivity contribution in [1.29, 1.82) is 5.26 Å². The summed E-state index contributed by atoms with van der Waals surface area (Å²) in [6.45, 7) is 0.785. The largest absolute Gasteiger partial charge is 0.369 e. The molecule has 3 N–H and O–H groups in total. The minimum atomic E-state index is -3.43. The Morgan fingerprint density at radius 3 is 2.97 bits per heavy atom. The molecule has 0 radical (unpaired) electrons. The van der Waals surface area contributed by atoms with Crippen LogP contribution in [0.2, 0.25) is 0 Å². The minimum Gasteiger partial charge on any atom is -0.369 e. The van der Waals surface area contributed by atoms with Crippen molar-refractivity contribution in [2.24, 2.45) is 0 Å². The van der Waals surface area contributed by atoms with Crippen LogP contribution in [0.5, 0.6) is 0 Å². The second kappa shape index (κ2) is 8.38. The van der Waals surface area contributed by atoms with Crippen LogP contribution in [0.1, 0.15) is 23.7 Å². The molecule has 2 unspecified atom stereocenters. The number of nitrogen functional groups attached to an aromatic ring is 1. The highest BCUT2D eigenvalue weighted by molar-refractivity contribution is 7.53. The van der Waals surface area contributed by atoms with Gasteiger partial charge in [-0.1, -0.05) is 12.1 Å². The average molecular weight is 430 g/mol. The molecule has 3 aromatic rings. The van der Waals surface area contributed by atoms with Gasteiger partial charge in [0.2, 0.25) is 5.95 Å². The Morgan fingerprint density at radius 1 is 1.40 bits per heavy atom. The molecule has 1 aliphatic rings. The molecule has 30 heavy (non-hydrogen) atoms. The predicted molar refractivity (Wildman–Crippen MR) is 107 cm³/mol. The summed E-state index contributed by atoms with van der Waals surface area (Å²) < 4.78 is 31.1. The second-order valence-corrected chi connectivity index (χ2v) is 8.61. The van der Waals surface area contributed by atoms with E-state index in [4.69, 9.17) is 24.8 Å². The number of aromatic nitrogens is 4. The number of nitrogens with zero attached hydrogens (tertiary/aromatic N) is 4. The van der Waals surface area contributed by atoms with E-state index < -0.39 is 19.3 Å². The number of ether oxygens (including phenoxy) is 1. The monoisotopic (exact) mass is 430 g/mol. The van der Waals surface area contributed by atoms with Gasteiger partial charge in [-0.2, -0.15) is 10.2 Å². The predicted octanol–water partition coefficient (Wildman–Crippen LogP) is 1.92. The van der Waals surface area contributed by atoms with Gasteiger partial charge in [0.25, 0.3) is 5.56 Å². The Kier molecular flexibility index (Phi) is 5.65. The third-order valence-electron chi connectivity index (χ3n) is 4.59. The molecule has 1 saturated heterocycles. The van der Waals surface area contributed by atoms with E-state index >= 15 is 0 Å². The summed E-state index contributed by atoms with van der Waals surface area (Å²) >= 11 is 0. The number of imidazole rings is 1. The van der Waals surface area contributed by atoms with Gasteiger partial charge >= 0.3 is 7.60 Å². The zero-order valence-electron chi connectivity index (χ0n) is 15.9. The minimum absolute atomic E-state index is 0.00236. The normalized spacial score (nSPS) is 21.5. The molecule has 0 saturated carbocycles. The van der Waals surface area contributed by atoms with Crippen molar-refractivity contribution >= 4 is 24.7 Å². The fraction of sp³-hybridized carbons (Fsp3) is 0.333. The molecule has 12 heteroatoms. The Bertz CT molecular complexity index is 1200. The maximum Gasteiger partial charge on any atom is 0.356 e. The van der Waals surface area contributed by atoms with Crippen molar-refractivity contribution in [3.05, 3.63) is 52.1 Å². The van der Waals surface area contributed by atoms with Crippen molar-refractivity contribution in [3.63, 3.8) is 0 Å².